The van der Waals surface area contributed by atoms with Gasteiger partial charge < -0.3 is 5.11 Å². The van der Waals surface area contributed by atoms with Gasteiger partial charge in [-0.3, -0.25) is 0 Å². The highest BCUT2D eigenvalue weighted by Gasteiger charge is 2.04. The van der Waals surface area contributed by atoms with Crippen molar-refractivity contribution in [1.29, 1.82) is 0 Å². The first-order valence-corrected chi connectivity index (χ1v) is 5.01. The van der Waals surface area contributed by atoms with Gasteiger partial charge in [0.25, 0.3) is 0 Å². The number of hydrogen-bond acceptors (Lipinski definition) is 1. The van der Waals surface area contributed by atoms with Gasteiger partial charge in [0.2, 0.25) is 0 Å². The molecule has 0 aliphatic heterocycles. The highest BCUT2D eigenvalue weighted by Crippen LogP contribution is 2.10. The Morgan fingerprint density at radius 3 is 2.43 bits per heavy atom. The molecule has 0 saturated carbocycles. The summed E-state index contributed by atoms with van der Waals surface area (Å²) in [5.74, 6) is -1.32. The third-order valence-corrected chi connectivity index (χ3v) is 2.23. The number of benzene rings is 1. The number of aliphatic carboxylic acids is 1. The zero-order valence-corrected chi connectivity index (χ0v) is 8.79. The molecular formula is C10H8BrFO2. The molecule has 0 fully saturated rings. The van der Waals surface area contributed by atoms with Crippen LogP contribution in [0.4, 0.5) is 4.39 Å². The predicted molar refractivity (Wildman–Crippen MR) is 55.8 cm³/mol. The summed E-state index contributed by atoms with van der Waals surface area (Å²) in [5, 5.41) is 8.98. The Morgan fingerprint density at radius 1 is 1.43 bits per heavy atom. The van der Waals surface area contributed by atoms with Crippen LogP contribution in [-0.2, 0) is 4.79 Å². The van der Waals surface area contributed by atoms with Crippen molar-refractivity contribution in [2.75, 3.05) is 5.33 Å². The normalized spacial score (nSPS) is 11.4. The lowest BCUT2D eigenvalue weighted by atomic mass is 10.1. The van der Waals surface area contributed by atoms with E-state index in [1.807, 2.05) is 0 Å². The maximum Gasteiger partial charge on any atom is 0.332 e. The van der Waals surface area contributed by atoms with Gasteiger partial charge in [0, 0.05) is 10.9 Å². The van der Waals surface area contributed by atoms with Crippen LogP contribution in [0.25, 0.3) is 6.08 Å². The molecule has 1 rings (SSSR count). The largest absolute Gasteiger partial charge is 0.478 e. The van der Waals surface area contributed by atoms with Gasteiger partial charge in [-0.25, -0.2) is 9.18 Å². The zero-order chi connectivity index (χ0) is 10.6. The molecular weight excluding hydrogens is 251 g/mol. The minimum atomic E-state index is -0.980. The Hall–Kier alpha value is -1.16. The maximum absolute atomic E-state index is 12.5. The first-order valence-electron chi connectivity index (χ1n) is 3.89. The van der Waals surface area contributed by atoms with E-state index in [0.29, 0.717) is 5.56 Å². The molecule has 0 bridgehead atoms. The lowest BCUT2D eigenvalue weighted by Gasteiger charge is -1.97. The molecule has 0 unspecified atom stereocenters. The second-order valence-electron chi connectivity index (χ2n) is 2.66. The molecule has 0 heterocycles. The number of carboxylic acid groups (broad SMARTS) is 1. The van der Waals surface area contributed by atoms with Crippen molar-refractivity contribution in [3.63, 3.8) is 0 Å². The van der Waals surface area contributed by atoms with E-state index in [2.05, 4.69) is 15.9 Å². The first kappa shape index (κ1) is 10.9. The maximum atomic E-state index is 12.5. The number of alkyl halides is 1. The standard InChI is InChI=1S/C10H8BrFO2/c11-6-8(10(13)14)5-7-1-3-9(12)4-2-7/h1-5H,6H2,(H,13,14)/b8-5+. The van der Waals surface area contributed by atoms with E-state index in [-0.39, 0.29) is 16.7 Å². The third kappa shape index (κ3) is 2.96. The van der Waals surface area contributed by atoms with Gasteiger partial charge in [-0.1, -0.05) is 28.1 Å². The van der Waals surface area contributed by atoms with E-state index in [9.17, 15) is 9.18 Å². The smallest absolute Gasteiger partial charge is 0.332 e. The van der Waals surface area contributed by atoms with Crippen LogP contribution in [0.2, 0.25) is 0 Å². The number of hydrogen-bond donors (Lipinski definition) is 1. The minimum Gasteiger partial charge on any atom is -0.478 e. The van der Waals surface area contributed by atoms with Crippen LogP contribution in [0.15, 0.2) is 29.8 Å². The Balaban J connectivity index is 2.95. The van der Waals surface area contributed by atoms with Crippen LogP contribution in [0.5, 0.6) is 0 Å². The second kappa shape index (κ2) is 4.91. The summed E-state index contributed by atoms with van der Waals surface area (Å²) in [4.78, 5) is 10.6. The van der Waals surface area contributed by atoms with Gasteiger partial charge in [0.15, 0.2) is 0 Å². The Morgan fingerprint density at radius 2 is 2.00 bits per heavy atom. The molecule has 0 aromatic heterocycles. The van der Waals surface area contributed by atoms with E-state index >= 15 is 0 Å². The number of carbonyl (C=O) groups is 1. The fraction of sp³-hybridized carbons (Fsp3) is 0.100. The molecule has 1 N–H and O–H groups in total. The quantitative estimate of drug-likeness (QED) is 0.669. The van der Waals surface area contributed by atoms with Crippen molar-refractivity contribution in [3.05, 3.63) is 41.2 Å². The topological polar surface area (TPSA) is 37.3 Å². The van der Waals surface area contributed by atoms with Gasteiger partial charge >= 0.3 is 5.97 Å². The van der Waals surface area contributed by atoms with Crippen LogP contribution in [0.1, 0.15) is 5.56 Å². The van der Waals surface area contributed by atoms with Gasteiger partial charge in [-0.2, -0.15) is 0 Å². The van der Waals surface area contributed by atoms with E-state index in [1.165, 1.54) is 30.3 Å². The summed E-state index contributed by atoms with van der Waals surface area (Å²) in [6.45, 7) is 0. The van der Waals surface area contributed by atoms with Crippen LogP contribution in [0, 0.1) is 5.82 Å². The van der Waals surface area contributed by atoms with Gasteiger partial charge in [-0.05, 0) is 23.8 Å². The van der Waals surface area contributed by atoms with Crippen LogP contribution < -0.4 is 0 Å². The van der Waals surface area contributed by atoms with Gasteiger partial charge in [-0.15, -0.1) is 0 Å². The molecule has 74 valence electrons. The van der Waals surface area contributed by atoms with E-state index in [1.54, 1.807) is 0 Å². The average Bonchev–Trinajstić information content (AvgIpc) is 2.16. The molecule has 0 saturated heterocycles. The molecule has 0 radical (unpaired) electrons. The average molecular weight is 259 g/mol. The summed E-state index contributed by atoms with van der Waals surface area (Å²) in [6, 6.07) is 5.64. The minimum absolute atomic E-state index is 0.233. The Labute approximate surface area is 89.2 Å². The van der Waals surface area contributed by atoms with Crippen molar-refractivity contribution < 1.29 is 14.3 Å². The van der Waals surface area contributed by atoms with Crippen LogP contribution in [0.3, 0.4) is 0 Å². The van der Waals surface area contributed by atoms with Crippen molar-refractivity contribution in [2.45, 2.75) is 0 Å². The van der Waals surface area contributed by atoms with E-state index in [4.69, 9.17) is 5.11 Å². The van der Waals surface area contributed by atoms with Crippen molar-refractivity contribution in [1.82, 2.24) is 0 Å². The molecule has 1 aromatic carbocycles. The van der Waals surface area contributed by atoms with Crippen LogP contribution >= 0.6 is 15.9 Å². The summed E-state index contributed by atoms with van der Waals surface area (Å²) in [6.07, 6.45) is 1.50. The monoisotopic (exact) mass is 258 g/mol. The predicted octanol–water partition coefficient (Wildman–Crippen LogP) is 2.69. The highest BCUT2D eigenvalue weighted by molar-refractivity contribution is 9.09. The second-order valence-corrected chi connectivity index (χ2v) is 3.22. The molecule has 0 amide bonds. The molecule has 2 nitrogen and oxygen atoms in total. The van der Waals surface area contributed by atoms with E-state index < -0.39 is 5.97 Å². The van der Waals surface area contributed by atoms with Crippen molar-refractivity contribution in [3.8, 4) is 0 Å². The molecule has 0 aliphatic carbocycles. The molecule has 0 atom stereocenters. The Kier molecular flexibility index (Phi) is 3.83. The number of halogens is 2. The van der Waals surface area contributed by atoms with Gasteiger partial charge in [0.05, 0.1) is 0 Å². The summed E-state index contributed by atoms with van der Waals surface area (Å²) < 4.78 is 12.5. The molecule has 14 heavy (non-hydrogen) atoms. The lowest BCUT2D eigenvalue weighted by molar-refractivity contribution is -0.132. The fourth-order valence-corrected chi connectivity index (χ4v) is 1.32. The molecule has 0 spiro atoms. The summed E-state index contributed by atoms with van der Waals surface area (Å²) >= 11 is 3.07. The summed E-state index contributed by atoms with van der Waals surface area (Å²) in [5.41, 5.74) is 0.903. The zero-order valence-electron chi connectivity index (χ0n) is 7.21. The van der Waals surface area contributed by atoms with Gasteiger partial charge in [0.1, 0.15) is 5.82 Å². The highest BCUT2D eigenvalue weighted by atomic mass is 79.9. The number of carboxylic acids is 1. The SMILES string of the molecule is O=C(O)/C(=C/c1ccc(F)cc1)CBr. The van der Waals surface area contributed by atoms with Crippen molar-refractivity contribution in [2.24, 2.45) is 0 Å². The van der Waals surface area contributed by atoms with E-state index in [0.717, 1.165) is 0 Å². The lowest BCUT2D eigenvalue weighted by Crippen LogP contribution is -2.00. The molecule has 4 heteroatoms. The first-order chi connectivity index (χ1) is 6.63. The fourth-order valence-electron chi connectivity index (χ4n) is 0.918. The molecule has 0 aliphatic rings. The van der Waals surface area contributed by atoms with Crippen LogP contribution in [-0.4, -0.2) is 16.4 Å². The molecule has 1 aromatic rings. The Bertz CT molecular complexity index is 357. The summed E-state index contributed by atoms with van der Waals surface area (Å²) in [7, 11) is 0. The number of rotatable bonds is 3. The van der Waals surface area contributed by atoms with Crippen molar-refractivity contribution >= 4 is 28.0 Å². The third-order valence-electron chi connectivity index (χ3n) is 1.63.